The Morgan fingerprint density at radius 3 is 2.24 bits per heavy atom. The molecule has 0 fully saturated rings. The Kier molecular flexibility index (Phi) is 6.21. The summed E-state index contributed by atoms with van der Waals surface area (Å²) in [6.07, 6.45) is 0.982. The zero-order valence-electron chi connectivity index (χ0n) is 10.6. The number of benzene rings is 1. The minimum Gasteiger partial charge on any atom is -0.346 e. The van der Waals surface area contributed by atoms with E-state index in [-0.39, 0.29) is 23.9 Å². The lowest BCUT2D eigenvalue weighted by Crippen LogP contribution is -2.48. The van der Waals surface area contributed by atoms with E-state index in [1.54, 1.807) is 0 Å². The van der Waals surface area contributed by atoms with Crippen molar-refractivity contribution in [2.24, 2.45) is 5.73 Å². The molecule has 0 saturated heterocycles. The molecule has 0 atom stereocenters. The van der Waals surface area contributed by atoms with Crippen molar-refractivity contribution in [2.75, 3.05) is 6.54 Å². The van der Waals surface area contributed by atoms with Gasteiger partial charge in [-0.3, -0.25) is 4.79 Å². The summed E-state index contributed by atoms with van der Waals surface area (Å²) in [7, 11) is 0. The van der Waals surface area contributed by atoms with Crippen LogP contribution in [0.2, 0.25) is 0 Å². The molecular formula is C13H21ClN2O. The molecule has 17 heavy (non-hydrogen) atoms. The Hall–Kier alpha value is -1.06. The minimum atomic E-state index is -0.361. The van der Waals surface area contributed by atoms with Gasteiger partial charge < -0.3 is 11.1 Å². The number of rotatable bonds is 4. The monoisotopic (exact) mass is 256 g/mol. The van der Waals surface area contributed by atoms with Crippen LogP contribution in [0, 0.1) is 0 Å². The number of nitrogens with two attached hydrogens (primary N) is 1. The SMILES string of the molecule is CCc1ccc(C(=O)NC(C)(C)CN)cc1.Cl. The molecule has 0 unspecified atom stereocenters. The van der Waals surface area contributed by atoms with Gasteiger partial charge in [-0.05, 0) is 38.0 Å². The van der Waals surface area contributed by atoms with E-state index in [2.05, 4.69) is 12.2 Å². The van der Waals surface area contributed by atoms with Crippen molar-refractivity contribution in [3.8, 4) is 0 Å². The van der Waals surface area contributed by atoms with Crippen LogP contribution in [-0.4, -0.2) is 18.0 Å². The molecule has 1 aromatic rings. The van der Waals surface area contributed by atoms with Crippen LogP contribution in [0.25, 0.3) is 0 Å². The molecule has 0 aromatic heterocycles. The average molecular weight is 257 g/mol. The topological polar surface area (TPSA) is 55.1 Å². The van der Waals surface area contributed by atoms with E-state index >= 15 is 0 Å². The number of nitrogens with one attached hydrogen (secondary N) is 1. The highest BCUT2D eigenvalue weighted by Crippen LogP contribution is 2.07. The Bertz CT molecular complexity index is 360. The van der Waals surface area contributed by atoms with Crippen LogP contribution in [-0.2, 0) is 6.42 Å². The number of amides is 1. The fraction of sp³-hybridized carbons (Fsp3) is 0.462. The molecule has 0 spiro atoms. The highest BCUT2D eigenvalue weighted by molar-refractivity contribution is 5.94. The first-order valence-electron chi connectivity index (χ1n) is 5.60. The van der Waals surface area contributed by atoms with Crippen LogP contribution in [0.15, 0.2) is 24.3 Å². The van der Waals surface area contributed by atoms with Crippen molar-refractivity contribution in [3.63, 3.8) is 0 Å². The minimum absolute atomic E-state index is 0. The molecule has 0 heterocycles. The van der Waals surface area contributed by atoms with Gasteiger partial charge in [-0.2, -0.15) is 0 Å². The van der Waals surface area contributed by atoms with Crippen molar-refractivity contribution in [1.29, 1.82) is 0 Å². The molecule has 0 aliphatic heterocycles. The van der Waals surface area contributed by atoms with E-state index in [0.717, 1.165) is 6.42 Å². The van der Waals surface area contributed by atoms with Crippen molar-refractivity contribution in [2.45, 2.75) is 32.7 Å². The third-order valence-corrected chi connectivity index (χ3v) is 2.59. The van der Waals surface area contributed by atoms with Gasteiger partial charge in [0.25, 0.3) is 5.91 Å². The zero-order chi connectivity index (χ0) is 12.2. The predicted molar refractivity (Wildman–Crippen MR) is 73.7 cm³/mol. The number of hydrogen-bond donors (Lipinski definition) is 2. The number of carbonyl (C=O) groups is 1. The number of carbonyl (C=O) groups excluding carboxylic acids is 1. The van der Waals surface area contributed by atoms with Crippen molar-refractivity contribution in [1.82, 2.24) is 5.32 Å². The van der Waals surface area contributed by atoms with E-state index in [1.165, 1.54) is 5.56 Å². The Morgan fingerprint density at radius 1 is 1.29 bits per heavy atom. The predicted octanol–water partition coefficient (Wildman–Crippen LogP) is 2.14. The third kappa shape index (κ3) is 4.75. The van der Waals surface area contributed by atoms with Gasteiger partial charge in [0.05, 0.1) is 0 Å². The molecule has 0 aliphatic carbocycles. The first-order valence-corrected chi connectivity index (χ1v) is 5.60. The highest BCUT2D eigenvalue weighted by Gasteiger charge is 2.18. The molecule has 96 valence electrons. The molecule has 3 N–H and O–H groups in total. The molecule has 3 nitrogen and oxygen atoms in total. The molecule has 0 saturated carbocycles. The maximum absolute atomic E-state index is 11.9. The van der Waals surface area contributed by atoms with E-state index in [4.69, 9.17) is 5.73 Å². The normalized spacial score (nSPS) is 10.6. The highest BCUT2D eigenvalue weighted by atomic mass is 35.5. The maximum atomic E-state index is 11.9. The molecular weight excluding hydrogens is 236 g/mol. The zero-order valence-corrected chi connectivity index (χ0v) is 11.4. The quantitative estimate of drug-likeness (QED) is 0.867. The van der Waals surface area contributed by atoms with Crippen molar-refractivity contribution < 1.29 is 4.79 Å². The molecule has 0 radical (unpaired) electrons. The summed E-state index contributed by atoms with van der Waals surface area (Å²) in [5.41, 5.74) is 7.11. The Morgan fingerprint density at radius 2 is 1.82 bits per heavy atom. The summed E-state index contributed by atoms with van der Waals surface area (Å²) >= 11 is 0. The van der Waals surface area contributed by atoms with Crippen molar-refractivity contribution in [3.05, 3.63) is 35.4 Å². The van der Waals surface area contributed by atoms with Crippen LogP contribution in [0.5, 0.6) is 0 Å². The Labute approximate surface area is 109 Å². The van der Waals surface area contributed by atoms with Gasteiger partial charge >= 0.3 is 0 Å². The second-order valence-corrected chi connectivity index (χ2v) is 4.59. The van der Waals surface area contributed by atoms with Gasteiger partial charge in [0, 0.05) is 17.6 Å². The smallest absolute Gasteiger partial charge is 0.251 e. The van der Waals surface area contributed by atoms with Gasteiger partial charge in [0.1, 0.15) is 0 Å². The molecule has 1 amide bonds. The van der Waals surface area contributed by atoms with Gasteiger partial charge in [-0.1, -0.05) is 19.1 Å². The molecule has 1 rings (SSSR count). The summed E-state index contributed by atoms with van der Waals surface area (Å²) in [5, 5.41) is 2.90. The first kappa shape index (κ1) is 15.9. The van der Waals surface area contributed by atoms with E-state index in [0.29, 0.717) is 12.1 Å². The summed E-state index contributed by atoms with van der Waals surface area (Å²) in [6.45, 7) is 6.33. The van der Waals surface area contributed by atoms with E-state index < -0.39 is 0 Å². The van der Waals surface area contributed by atoms with E-state index in [1.807, 2.05) is 38.1 Å². The lowest BCUT2D eigenvalue weighted by atomic mass is 10.0. The third-order valence-electron chi connectivity index (χ3n) is 2.59. The number of hydrogen-bond acceptors (Lipinski definition) is 2. The van der Waals surface area contributed by atoms with Crippen LogP contribution in [0.1, 0.15) is 36.7 Å². The standard InChI is InChI=1S/C13H20N2O.ClH/c1-4-10-5-7-11(8-6-10)12(16)15-13(2,3)9-14;/h5-8H,4,9,14H2,1-3H3,(H,15,16);1H. The second-order valence-electron chi connectivity index (χ2n) is 4.59. The maximum Gasteiger partial charge on any atom is 0.251 e. The largest absolute Gasteiger partial charge is 0.346 e. The summed E-state index contributed by atoms with van der Waals surface area (Å²) in [6, 6.07) is 7.65. The lowest BCUT2D eigenvalue weighted by molar-refractivity contribution is 0.0915. The van der Waals surface area contributed by atoms with Crippen LogP contribution in [0.3, 0.4) is 0 Å². The summed E-state index contributed by atoms with van der Waals surface area (Å²) < 4.78 is 0. The lowest BCUT2D eigenvalue weighted by Gasteiger charge is -2.24. The number of aryl methyl sites for hydroxylation is 1. The van der Waals surface area contributed by atoms with Gasteiger partial charge in [0.15, 0.2) is 0 Å². The molecule has 0 aliphatic rings. The summed E-state index contributed by atoms with van der Waals surface area (Å²) in [5.74, 6) is -0.0712. The van der Waals surface area contributed by atoms with Crippen LogP contribution in [0.4, 0.5) is 0 Å². The van der Waals surface area contributed by atoms with Gasteiger partial charge in [-0.25, -0.2) is 0 Å². The second kappa shape index (κ2) is 6.62. The van der Waals surface area contributed by atoms with Crippen LogP contribution < -0.4 is 11.1 Å². The first-order chi connectivity index (χ1) is 7.48. The molecule has 0 bridgehead atoms. The molecule has 4 heteroatoms. The number of halogens is 1. The van der Waals surface area contributed by atoms with Gasteiger partial charge in [0.2, 0.25) is 0 Å². The Balaban J connectivity index is 0.00000256. The van der Waals surface area contributed by atoms with Crippen molar-refractivity contribution >= 4 is 18.3 Å². The fourth-order valence-corrected chi connectivity index (χ4v) is 1.32. The van der Waals surface area contributed by atoms with E-state index in [9.17, 15) is 4.79 Å². The summed E-state index contributed by atoms with van der Waals surface area (Å²) in [4.78, 5) is 11.9. The average Bonchev–Trinajstić information content (AvgIpc) is 2.28. The molecule has 1 aromatic carbocycles. The van der Waals surface area contributed by atoms with Crippen LogP contribution >= 0.6 is 12.4 Å². The van der Waals surface area contributed by atoms with Gasteiger partial charge in [-0.15, -0.1) is 12.4 Å². The fourth-order valence-electron chi connectivity index (χ4n) is 1.32.